The van der Waals surface area contributed by atoms with Gasteiger partial charge >= 0.3 is 5.97 Å². The van der Waals surface area contributed by atoms with E-state index in [1.165, 1.54) is 11.0 Å². The molecule has 0 aliphatic heterocycles. The Balaban J connectivity index is 2.14. The third-order valence-corrected chi connectivity index (χ3v) is 3.27. The average Bonchev–Trinajstić information content (AvgIpc) is 3.23. The Morgan fingerprint density at radius 2 is 2.10 bits per heavy atom. The number of carbonyl (C=O) groups is 2. The van der Waals surface area contributed by atoms with Gasteiger partial charge in [0.25, 0.3) is 5.91 Å². The van der Waals surface area contributed by atoms with Gasteiger partial charge in [-0.1, -0.05) is 6.07 Å². The third kappa shape index (κ3) is 3.35. The maximum atomic E-state index is 13.5. The van der Waals surface area contributed by atoms with Gasteiger partial charge in [-0.05, 0) is 44.4 Å². The minimum atomic E-state index is -0.430. The fourth-order valence-corrected chi connectivity index (χ4v) is 1.99. The van der Waals surface area contributed by atoms with Crippen molar-refractivity contribution in [2.45, 2.75) is 32.7 Å². The van der Waals surface area contributed by atoms with Gasteiger partial charge in [-0.3, -0.25) is 9.59 Å². The number of halogens is 1. The van der Waals surface area contributed by atoms with Crippen LogP contribution in [0.3, 0.4) is 0 Å². The van der Waals surface area contributed by atoms with Crippen LogP contribution in [0, 0.1) is 12.7 Å². The highest BCUT2D eigenvalue weighted by Gasteiger charge is 2.34. The zero-order valence-corrected chi connectivity index (χ0v) is 11.7. The Morgan fingerprint density at radius 3 is 2.65 bits per heavy atom. The van der Waals surface area contributed by atoms with Crippen molar-refractivity contribution >= 4 is 11.9 Å². The maximum absolute atomic E-state index is 13.5. The number of rotatable bonds is 5. The summed E-state index contributed by atoms with van der Waals surface area (Å²) in [6.45, 7) is 3.56. The number of amides is 1. The normalized spacial score (nSPS) is 13.9. The number of ether oxygens (including phenoxy) is 1. The SMILES string of the molecule is CCOC(=O)CN(C(=O)c1ccc(C)c(F)c1)C1CC1. The summed E-state index contributed by atoms with van der Waals surface area (Å²) in [6, 6.07) is 4.44. The van der Waals surface area contributed by atoms with Gasteiger partial charge in [0.15, 0.2) is 0 Å². The Morgan fingerprint density at radius 1 is 1.40 bits per heavy atom. The van der Waals surface area contributed by atoms with Crippen molar-refractivity contribution in [2.75, 3.05) is 13.2 Å². The molecule has 0 atom stereocenters. The molecule has 20 heavy (non-hydrogen) atoms. The molecule has 1 aromatic carbocycles. The van der Waals surface area contributed by atoms with Crippen molar-refractivity contribution < 1.29 is 18.7 Å². The number of benzene rings is 1. The number of carbonyl (C=O) groups excluding carboxylic acids is 2. The summed E-state index contributed by atoms with van der Waals surface area (Å²) in [5, 5.41) is 0. The van der Waals surface area contributed by atoms with Gasteiger partial charge in [0.2, 0.25) is 0 Å². The third-order valence-electron chi connectivity index (χ3n) is 3.27. The standard InChI is InChI=1S/C15H18FNO3/c1-3-20-14(18)9-17(12-6-7-12)15(19)11-5-4-10(2)13(16)8-11/h4-5,8,12H,3,6-7,9H2,1-2H3. The van der Waals surface area contributed by atoms with Crippen LogP contribution in [0.2, 0.25) is 0 Å². The number of hydrogen-bond acceptors (Lipinski definition) is 3. The van der Waals surface area contributed by atoms with Crippen molar-refractivity contribution in [2.24, 2.45) is 0 Å². The second-order valence-corrected chi connectivity index (χ2v) is 4.93. The first kappa shape index (κ1) is 14.5. The van der Waals surface area contributed by atoms with Crippen LogP contribution in [0.4, 0.5) is 4.39 Å². The molecule has 1 aliphatic carbocycles. The highest BCUT2D eigenvalue weighted by Crippen LogP contribution is 2.28. The lowest BCUT2D eigenvalue weighted by Crippen LogP contribution is -2.38. The summed E-state index contributed by atoms with van der Waals surface area (Å²) < 4.78 is 18.4. The number of aryl methyl sites for hydroxylation is 1. The molecule has 0 aromatic heterocycles. The van der Waals surface area contributed by atoms with E-state index in [9.17, 15) is 14.0 Å². The molecule has 5 heteroatoms. The van der Waals surface area contributed by atoms with Crippen LogP contribution >= 0.6 is 0 Å². The molecule has 1 aliphatic rings. The quantitative estimate of drug-likeness (QED) is 0.777. The molecular weight excluding hydrogens is 261 g/mol. The van der Waals surface area contributed by atoms with Gasteiger partial charge in [0.1, 0.15) is 12.4 Å². The van der Waals surface area contributed by atoms with Gasteiger partial charge in [-0.25, -0.2) is 4.39 Å². The van der Waals surface area contributed by atoms with E-state index in [2.05, 4.69) is 0 Å². The van der Waals surface area contributed by atoms with Crippen LogP contribution in [-0.4, -0.2) is 36.0 Å². The molecule has 0 N–H and O–H groups in total. The van der Waals surface area contributed by atoms with Crippen LogP contribution in [0.25, 0.3) is 0 Å². The molecule has 4 nitrogen and oxygen atoms in total. The highest BCUT2D eigenvalue weighted by atomic mass is 19.1. The molecule has 2 rings (SSSR count). The first-order chi connectivity index (χ1) is 9.52. The van der Waals surface area contributed by atoms with Gasteiger partial charge < -0.3 is 9.64 Å². The van der Waals surface area contributed by atoms with Gasteiger partial charge in [0, 0.05) is 11.6 Å². The summed E-state index contributed by atoms with van der Waals surface area (Å²) in [5.74, 6) is -1.16. The predicted octanol–water partition coefficient (Wildman–Crippen LogP) is 2.30. The molecule has 1 fully saturated rings. The molecule has 0 bridgehead atoms. The maximum Gasteiger partial charge on any atom is 0.325 e. The van der Waals surface area contributed by atoms with E-state index in [1.807, 2.05) is 0 Å². The van der Waals surface area contributed by atoms with E-state index in [0.717, 1.165) is 12.8 Å². The predicted molar refractivity (Wildman–Crippen MR) is 71.8 cm³/mol. The fraction of sp³-hybridized carbons (Fsp3) is 0.467. The molecule has 0 unspecified atom stereocenters. The number of hydrogen-bond donors (Lipinski definition) is 0. The molecule has 1 saturated carbocycles. The van der Waals surface area contributed by atoms with Crippen molar-refractivity contribution in [1.82, 2.24) is 4.90 Å². The second-order valence-electron chi connectivity index (χ2n) is 4.93. The monoisotopic (exact) mass is 279 g/mol. The van der Waals surface area contributed by atoms with Crippen molar-refractivity contribution in [3.8, 4) is 0 Å². The van der Waals surface area contributed by atoms with Gasteiger partial charge in [-0.15, -0.1) is 0 Å². The largest absolute Gasteiger partial charge is 0.465 e. The molecule has 0 spiro atoms. The summed E-state index contributed by atoms with van der Waals surface area (Å²) >= 11 is 0. The molecule has 108 valence electrons. The first-order valence-electron chi connectivity index (χ1n) is 6.75. The lowest BCUT2D eigenvalue weighted by atomic mass is 10.1. The van der Waals surface area contributed by atoms with Crippen LogP contribution in [0.1, 0.15) is 35.7 Å². The average molecular weight is 279 g/mol. The van der Waals surface area contributed by atoms with E-state index in [4.69, 9.17) is 4.74 Å². The lowest BCUT2D eigenvalue weighted by molar-refractivity contribution is -0.144. The van der Waals surface area contributed by atoms with E-state index in [-0.39, 0.29) is 30.7 Å². The Labute approximate surface area is 117 Å². The summed E-state index contributed by atoms with van der Waals surface area (Å²) in [6.07, 6.45) is 1.75. The number of esters is 1. The first-order valence-corrected chi connectivity index (χ1v) is 6.75. The molecule has 1 aromatic rings. The molecule has 0 heterocycles. The Bertz CT molecular complexity index is 526. The van der Waals surface area contributed by atoms with Crippen molar-refractivity contribution in [3.63, 3.8) is 0 Å². The van der Waals surface area contributed by atoms with Gasteiger partial charge in [-0.2, -0.15) is 0 Å². The van der Waals surface area contributed by atoms with Gasteiger partial charge in [0.05, 0.1) is 6.61 Å². The van der Waals surface area contributed by atoms with Crippen LogP contribution in [0.5, 0.6) is 0 Å². The smallest absolute Gasteiger partial charge is 0.325 e. The molecule has 1 amide bonds. The van der Waals surface area contributed by atoms with E-state index in [0.29, 0.717) is 5.56 Å². The fourth-order valence-electron chi connectivity index (χ4n) is 1.99. The van der Waals surface area contributed by atoms with E-state index < -0.39 is 11.8 Å². The molecule has 0 saturated heterocycles. The lowest BCUT2D eigenvalue weighted by Gasteiger charge is -2.21. The Kier molecular flexibility index (Phi) is 4.37. The van der Waals surface area contributed by atoms with Crippen LogP contribution in [0.15, 0.2) is 18.2 Å². The topological polar surface area (TPSA) is 46.6 Å². The summed E-state index contributed by atoms with van der Waals surface area (Å²) in [5.41, 5.74) is 0.759. The Hall–Kier alpha value is -1.91. The van der Waals surface area contributed by atoms with E-state index in [1.54, 1.807) is 26.0 Å². The minimum Gasteiger partial charge on any atom is -0.465 e. The highest BCUT2D eigenvalue weighted by molar-refractivity contribution is 5.96. The van der Waals surface area contributed by atoms with Crippen molar-refractivity contribution in [1.29, 1.82) is 0 Å². The van der Waals surface area contributed by atoms with Crippen LogP contribution in [-0.2, 0) is 9.53 Å². The van der Waals surface area contributed by atoms with Crippen molar-refractivity contribution in [3.05, 3.63) is 35.1 Å². The molecular formula is C15H18FNO3. The second kappa shape index (κ2) is 6.03. The van der Waals surface area contributed by atoms with E-state index >= 15 is 0 Å². The zero-order valence-electron chi connectivity index (χ0n) is 11.7. The zero-order chi connectivity index (χ0) is 14.7. The number of nitrogens with zero attached hydrogens (tertiary/aromatic N) is 1. The summed E-state index contributed by atoms with van der Waals surface area (Å²) in [4.78, 5) is 25.4. The minimum absolute atomic E-state index is 0.0660. The summed E-state index contributed by atoms with van der Waals surface area (Å²) in [7, 11) is 0. The molecule has 0 radical (unpaired) electrons. The van der Waals surface area contributed by atoms with Crippen LogP contribution < -0.4 is 0 Å².